The predicted octanol–water partition coefficient (Wildman–Crippen LogP) is 3.08. The fourth-order valence-corrected chi connectivity index (χ4v) is 5.13. The molecule has 3 aromatic rings. The Hall–Kier alpha value is -3.95. The minimum atomic E-state index is -1.62. The van der Waals surface area contributed by atoms with Gasteiger partial charge in [0.05, 0.1) is 18.2 Å². The van der Waals surface area contributed by atoms with E-state index in [-0.39, 0.29) is 11.5 Å². The molecule has 4 N–H and O–H groups in total. The van der Waals surface area contributed by atoms with E-state index in [9.17, 15) is 14.4 Å². The van der Waals surface area contributed by atoms with Crippen LogP contribution in [0.2, 0.25) is 0 Å². The fraction of sp³-hybridized carbons (Fsp3) is 0.185. The number of amides is 1. The highest BCUT2D eigenvalue weighted by molar-refractivity contribution is 8.01. The molecule has 0 spiro atoms. The Morgan fingerprint density at radius 3 is 2.44 bits per heavy atom. The topological polar surface area (TPSA) is 128 Å². The van der Waals surface area contributed by atoms with E-state index in [1.165, 1.54) is 18.3 Å². The SMILES string of the molecule is NN=Cc1ccc(C(=O)OC(=O)CC2(N)Sc3ccccc3CN(CCc3ccccc3)C2=O)cc1. The molecular weight excluding hydrogens is 476 g/mol. The average molecular weight is 503 g/mol. The number of rotatable bonds is 7. The second kappa shape index (κ2) is 11.2. The van der Waals surface area contributed by atoms with Gasteiger partial charge in [0.25, 0.3) is 5.91 Å². The lowest BCUT2D eigenvalue weighted by Gasteiger charge is -2.30. The summed E-state index contributed by atoms with van der Waals surface area (Å²) in [6.07, 6.45) is 1.61. The average Bonchev–Trinajstić information content (AvgIpc) is 2.98. The van der Waals surface area contributed by atoms with Crippen LogP contribution in [0.3, 0.4) is 0 Å². The Morgan fingerprint density at radius 1 is 1.03 bits per heavy atom. The summed E-state index contributed by atoms with van der Waals surface area (Å²) in [6.45, 7) is 0.809. The first-order valence-corrected chi connectivity index (χ1v) is 12.2. The molecule has 1 atom stereocenters. The lowest BCUT2D eigenvalue weighted by atomic mass is 10.1. The zero-order valence-corrected chi connectivity index (χ0v) is 20.3. The molecule has 0 saturated heterocycles. The maximum Gasteiger partial charge on any atom is 0.345 e. The number of nitrogens with zero attached hydrogens (tertiary/aromatic N) is 2. The molecule has 0 aliphatic carbocycles. The van der Waals surface area contributed by atoms with Gasteiger partial charge in [-0.2, -0.15) is 5.10 Å². The number of nitrogens with two attached hydrogens (primary N) is 2. The molecule has 8 nitrogen and oxygen atoms in total. The van der Waals surface area contributed by atoms with Crippen LogP contribution in [0.4, 0.5) is 0 Å². The van der Waals surface area contributed by atoms with Crippen LogP contribution in [0.5, 0.6) is 0 Å². The van der Waals surface area contributed by atoms with Crippen molar-refractivity contribution in [3.05, 3.63) is 101 Å². The number of hydrogen-bond donors (Lipinski definition) is 2. The first-order chi connectivity index (χ1) is 17.4. The molecule has 1 heterocycles. The number of thioether (sulfide) groups is 1. The van der Waals surface area contributed by atoms with Gasteiger partial charge in [-0.15, -0.1) is 0 Å². The summed E-state index contributed by atoms with van der Waals surface area (Å²) < 4.78 is 5.05. The molecule has 0 aromatic heterocycles. The van der Waals surface area contributed by atoms with Gasteiger partial charge in [-0.3, -0.25) is 9.59 Å². The van der Waals surface area contributed by atoms with Crippen LogP contribution in [0.15, 0.2) is 88.9 Å². The summed E-state index contributed by atoms with van der Waals surface area (Å²) in [5.41, 5.74) is 9.48. The number of fused-ring (bicyclic) bond motifs is 1. The molecule has 0 saturated carbocycles. The van der Waals surface area contributed by atoms with Gasteiger partial charge in [0, 0.05) is 18.0 Å². The Morgan fingerprint density at radius 2 is 1.72 bits per heavy atom. The van der Waals surface area contributed by atoms with Gasteiger partial charge in [0.15, 0.2) is 4.87 Å². The number of carbonyl (C=O) groups excluding carboxylic acids is 3. The highest BCUT2D eigenvalue weighted by Crippen LogP contribution is 2.39. The molecule has 0 fully saturated rings. The monoisotopic (exact) mass is 502 g/mol. The Kier molecular flexibility index (Phi) is 7.82. The standard InChI is InChI=1S/C27H26N4O4S/c28-27(16-24(32)35-25(33)21-12-10-20(11-13-21)17-30-29)26(34)31(15-14-19-6-2-1-3-7-19)18-22-8-4-5-9-23(22)36-27/h1-13,17H,14-16,18,28-29H2. The lowest BCUT2D eigenvalue weighted by Crippen LogP contribution is -2.53. The first kappa shape index (κ1) is 25.2. The van der Waals surface area contributed by atoms with Crippen molar-refractivity contribution in [2.45, 2.75) is 29.2 Å². The molecule has 4 rings (SSSR count). The molecule has 1 aliphatic rings. The van der Waals surface area contributed by atoms with Gasteiger partial charge >= 0.3 is 11.9 Å². The van der Waals surface area contributed by atoms with Crippen LogP contribution < -0.4 is 11.6 Å². The Bertz CT molecular complexity index is 1280. The number of carbonyl (C=O) groups is 3. The number of hydrogen-bond acceptors (Lipinski definition) is 8. The van der Waals surface area contributed by atoms with E-state index < -0.39 is 23.2 Å². The van der Waals surface area contributed by atoms with Crippen molar-refractivity contribution in [2.24, 2.45) is 16.7 Å². The van der Waals surface area contributed by atoms with Gasteiger partial charge in [0.2, 0.25) is 0 Å². The molecule has 1 amide bonds. The largest absolute Gasteiger partial charge is 0.389 e. The highest BCUT2D eigenvalue weighted by Gasteiger charge is 2.44. The molecule has 184 valence electrons. The third-order valence-electron chi connectivity index (χ3n) is 5.77. The van der Waals surface area contributed by atoms with Crippen molar-refractivity contribution in [3.8, 4) is 0 Å². The van der Waals surface area contributed by atoms with E-state index in [0.29, 0.717) is 25.1 Å². The molecular formula is C27H26N4O4S. The molecule has 3 aromatic carbocycles. The lowest BCUT2D eigenvalue weighted by molar-refractivity contribution is -0.143. The van der Waals surface area contributed by atoms with Crippen molar-refractivity contribution < 1.29 is 19.1 Å². The van der Waals surface area contributed by atoms with Gasteiger partial charge < -0.3 is 21.2 Å². The van der Waals surface area contributed by atoms with Crippen LogP contribution in [0.25, 0.3) is 0 Å². The number of benzene rings is 3. The number of ether oxygens (including phenoxy) is 1. The summed E-state index contributed by atoms with van der Waals surface area (Å²) in [7, 11) is 0. The van der Waals surface area contributed by atoms with Crippen LogP contribution in [0, 0.1) is 0 Å². The smallest absolute Gasteiger partial charge is 0.345 e. The predicted molar refractivity (Wildman–Crippen MR) is 138 cm³/mol. The van der Waals surface area contributed by atoms with Crippen molar-refractivity contribution in [1.82, 2.24) is 4.90 Å². The number of esters is 2. The number of hydrazone groups is 1. The third-order valence-corrected chi connectivity index (χ3v) is 7.07. The second-order valence-corrected chi connectivity index (χ2v) is 9.77. The summed E-state index contributed by atoms with van der Waals surface area (Å²) >= 11 is 1.12. The van der Waals surface area contributed by atoms with E-state index in [1.54, 1.807) is 17.0 Å². The quantitative estimate of drug-likeness (QED) is 0.167. The van der Waals surface area contributed by atoms with Crippen molar-refractivity contribution in [3.63, 3.8) is 0 Å². The highest BCUT2D eigenvalue weighted by atomic mass is 32.2. The fourth-order valence-electron chi connectivity index (χ4n) is 3.92. The molecule has 1 unspecified atom stereocenters. The van der Waals surface area contributed by atoms with Crippen molar-refractivity contribution >= 4 is 35.8 Å². The minimum Gasteiger partial charge on any atom is -0.389 e. The molecule has 0 bridgehead atoms. The van der Waals surface area contributed by atoms with Crippen LogP contribution in [-0.4, -0.2) is 40.4 Å². The molecule has 1 aliphatic heterocycles. The van der Waals surface area contributed by atoms with Crippen molar-refractivity contribution in [2.75, 3.05) is 6.54 Å². The van der Waals surface area contributed by atoms with Crippen molar-refractivity contribution in [1.29, 1.82) is 0 Å². The van der Waals surface area contributed by atoms with Gasteiger partial charge in [-0.25, -0.2) is 4.79 Å². The summed E-state index contributed by atoms with van der Waals surface area (Å²) in [5, 5.41) is 3.42. The zero-order chi connectivity index (χ0) is 25.5. The van der Waals surface area contributed by atoms with Gasteiger partial charge in [-0.05, 0) is 41.3 Å². The third kappa shape index (κ3) is 5.99. The molecule has 36 heavy (non-hydrogen) atoms. The van der Waals surface area contributed by atoms with E-state index in [0.717, 1.165) is 27.8 Å². The zero-order valence-electron chi connectivity index (χ0n) is 19.5. The van der Waals surface area contributed by atoms with E-state index in [4.69, 9.17) is 16.3 Å². The van der Waals surface area contributed by atoms with E-state index in [1.807, 2.05) is 54.6 Å². The molecule has 0 radical (unpaired) electrons. The normalized spacial score (nSPS) is 17.5. The van der Waals surface area contributed by atoms with E-state index >= 15 is 0 Å². The minimum absolute atomic E-state index is 0.179. The van der Waals surface area contributed by atoms with E-state index in [2.05, 4.69) is 5.10 Å². The maximum absolute atomic E-state index is 13.6. The second-order valence-electron chi connectivity index (χ2n) is 8.40. The molecule has 9 heteroatoms. The summed E-state index contributed by atoms with van der Waals surface area (Å²) in [6, 6.07) is 23.6. The summed E-state index contributed by atoms with van der Waals surface area (Å²) in [5.74, 6) is 3.04. The Labute approximate surface area is 213 Å². The first-order valence-electron chi connectivity index (χ1n) is 11.4. The summed E-state index contributed by atoms with van der Waals surface area (Å²) in [4.78, 5) is 39.7. The van der Waals surface area contributed by atoms with Crippen LogP contribution >= 0.6 is 11.8 Å². The van der Waals surface area contributed by atoms with Gasteiger partial charge in [0.1, 0.15) is 0 Å². The maximum atomic E-state index is 13.6. The Balaban J connectivity index is 1.50. The van der Waals surface area contributed by atoms with Gasteiger partial charge in [-0.1, -0.05) is 72.4 Å². The van der Waals surface area contributed by atoms with Crippen LogP contribution in [-0.2, 0) is 27.3 Å². The van der Waals surface area contributed by atoms with Crippen LogP contribution in [0.1, 0.15) is 33.5 Å².